The molecule has 2 rings (SSSR count). The molecule has 116 valence electrons. The largest absolute Gasteiger partial charge is 0.494 e. The molecule has 21 heavy (non-hydrogen) atoms. The van der Waals surface area contributed by atoms with Gasteiger partial charge in [-0.2, -0.15) is 0 Å². The predicted molar refractivity (Wildman–Crippen MR) is 74.8 cm³/mol. The number of carboxylic acid groups (broad SMARTS) is 1. The van der Waals surface area contributed by atoms with E-state index in [1.807, 2.05) is 11.8 Å². The molecule has 0 spiro atoms. The van der Waals surface area contributed by atoms with E-state index in [2.05, 4.69) is 0 Å². The molecule has 0 radical (unpaired) electrons. The number of carbonyl (C=O) groups is 1. The number of ether oxygens (including phenoxy) is 2. The number of hydrogen-bond donors (Lipinski definition) is 1. The zero-order valence-corrected chi connectivity index (χ0v) is 12.2. The van der Waals surface area contributed by atoms with Crippen LogP contribution < -0.4 is 4.74 Å². The van der Waals surface area contributed by atoms with Crippen LogP contribution in [0.3, 0.4) is 0 Å². The molecule has 1 aliphatic rings. The van der Waals surface area contributed by atoms with Gasteiger partial charge in [-0.15, -0.1) is 0 Å². The van der Waals surface area contributed by atoms with E-state index in [1.54, 1.807) is 18.2 Å². The quantitative estimate of drug-likeness (QED) is 0.867. The summed E-state index contributed by atoms with van der Waals surface area (Å²) in [5.74, 6) is -1.65. The van der Waals surface area contributed by atoms with Crippen LogP contribution in [0.5, 0.6) is 5.75 Å². The highest BCUT2D eigenvalue weighted by Gasteiger charge is 2.37. The third-order valence-corrected chi connectivity index (χ3v) is 3.88. The van der Waals surface area contributed by atoms with E-state index < -0.39 is 17.7 Å². The maximum atomic E-state index is 14.2. The number of carboxylic acids is 1. The van der Waals surface area contributed by atoms with Gasteiger partial charge in [-0.1, -0.05) is 19.1 Å². The van der Waals surface area contributed by atoms with Crippen molar-refractivity contribution < 1.29 is 23.8 Å². The van der Waals surface area contributed by atoms with Gasteiger partial charge >= 0.3 is 5.97 Å². The van der Waals surface area contributed by atoms with Gasteiger partial charge < -0.3 is 14.6 Å². The SMILES string of the molecule is CCN(Cc1cccc(OC)c1F)C1COCC1C(=O)O. The predicted octanol–water partition coefficient (Wildman–Crippen LogP) is 1.76. The number of methoxy groups -OCH3 is 1. The smallest absolute Gasteiger partial charge is 0.310 e. The van der Waals surface area contributed by atoms with Gasteiger partial charge in [-0.05, 0) is 12.6 Å². The summed E-state index contributed by atoms with van der Waals surface area (Å²) in [4.78, 5) is 13.2. The molecule has 0 saturated carbocycles. The van der Waals surface area contributed by atoms with Crippen LogP contribution in [0, 0.1) is 11.7 Å². The minimum absolute atomic E-state index is 0.195. The first-order valence-electron chi connectivity index (χ1n) is 6.94. The summed E-state index contributed by atoms with van der Waals surface area (Å²) in [5, 5.41) is 9.23. The lowest BCUT2D eigenvalue weighted by atomic mass is 10.0. The van der Waals surface area contributed by atoms with Crippen molar-refractivity contribution in [1.29, 1.82) is 0 Å². The van der Waals surface area contributed by atoms with Crippen molar-refractivity contribution in [2.24, 2.45) is 5.92 Å². The number of hydrogen-bond acceptors (Lipinski definition) is 4. The Bertz CT molecular complexity index is 508. The topological polar surface area (TPSA) is 59.0 Å². The Hall–Kier alpha value is -1.66. The molecule has 0 aromatic heterocycles. The van der Waals surface area contributed by atoms with Crippen molar-refractivity contribution in [2.75, 3.05) is 26.9 Å². The van der Waals surface area contributed by atoms with Crippen molar-refractivity contribution in [3.63, 3.8) is 0 Å². The van der Waals surface area contributed by atoms with E-state index in [9.17, 15) is 14.3 Å². The molecule has 1 aromatic carbocycles. The third-order valence-electron chi connectivity index (χ3n) is 3.88. The third kappa shape index (κ3) is 3.33. The van der Waals surface area contributed by atoms with Gasteiger partial charge in [-0.3, -0.25) is 9.69 Å². The molecule has 0 aliphatic carbocycles. The highest BCUT2D eigenvalue weighted by atomic mass is 19.1. The van der Waals surface area contributed by atoms with Crippen LogP contribution >= 0.6 is 0 Å². The molecule has 0 bridgehead atoms. The average Bonchev–Trinajstić information content (AvgIpc) is 2.95. The summed E-state index contributed by atoms with van der Waals surface area (Å²) >= 11 is 0. The van der Waals surface area contributed by atoms with E-state index in [0.29, 0.717) is 25.3 Å². The fourth-order valence-corrected chi connectivity index (χ4v) is 2.66. The van der Waals surface area contributed by atoms with E-state index in [-0.39, 0.29) is 18.4 Å². The Morgan fingerprint density at radius 3 is 2.90 bits per heavy atom. The lowest BCUT2D eigenvalue weighted by Gasteiger charge is -2.29. The number of aliphatic carboxylic acids is 1. The highest BCUT2D eigenvalue weighted by Crippen LogP contribution is 2.25. The van der Waals surface area contributed by atoms with Gasteiger partial charge in [0.15, 0.2) is 11.6 Å². The second kappa shape index (κ2) is 6.87. The molecule has 1 aromatic rings. The van der Waals surface area contributed by atoms with E-state index >= 15 is 0 Å². The van der Waals surface area contributed by atoms with Gasteiger partial charge in [0.1, 0.15) is 0 Å². The van der Waals surface area contributed by atoms with Crippen LogP contribution in [0.2, 0.25) is 0 Å². The minimum Gasteiger partial charge on any atom is -0.494 e. The van der Waals surface area contributed by atoms with Gasteiger partial charge in [0.2, 0.25) is 0 Å². The number of rotatable bonds is 6. The highest BCUT2D eigenvalue weighted by molar-refractivity contribution is 5.71. The minimum atomic E-state index is -0.873. The molecular formula is C15H20FNO4. The lowest BCUT2D eigenvalue weighted by Crippen LogP contribution is -2.42. The van der Waals surface area contributed by atoms with Crippen molar-refractivity contribution in [3.05, 3.63) is 29.6 Å². The van der Waals surface area contributed by atoms with Crippen molar-refractivity contribution >= 4 is 5.97 Å². The van der Waals surface area contributed by atoms with Crippen LogP contribution in [-0.2, 0) is 16.1 Å². The van der Waals surface area contributed by atoms with E-state index in [0.717, 1.165) is 0 Å². The van der Waals surface area contributed by atoms with Gasteiger partial charge in [-0.25, -0.2) is 4.39 Å². The first kappa shape index (κ1) is 15.7. The zero-order chi connectivity index (χ0) is 15.4. The molecular weight excluding hydrogens is 277 g/mol. The molecule has 1 fully saturated rings. The molecule has 6 heteroatoms. The summed E-state index contributed by atoms with van der Waals surface area (Å²) in [7, 11) is 1.42. The van der Waals surface area contributed by atoms with Gasteiger partial charge in [0.05, 0.1) is 26.2 Å². The first-order valence-corrected chi connectivity index (χ1v) is 6.94. The van der Waals surface area contributed by atoms with Crippen molar-refractivity contribution in [3.8, 4) is 5.75 Å². The number of likely N-dealkylation sites (N-methyl/N-ethyl adjacent to an activating group) is 1. The van der Waals surface area contributed by atoms with Gasteiger partial charge in [0, 0.05) is 18.2 Å². The summed E-state index contributed by atoms with van der Waals surface area (Å²) in [6, 6.07) is 4.74. The van der Waals surface area contributed by atoms with Crippen LogP contribution in [-0.4, -0.2) is 48.9 Å². The second-order valence-corrected chi connectivity index (χ2v) is 5.05. The monoisotopic (exact) mass is 297 g/mol. The second-order valence-electron chi connectivity index (χ2n) is 5.05. The summed E-state index contributed by atoms with van der Waals surface area (Å²) in [5.41, 5.74) is 0.493. The van der Waals surface area contributed by atoms with Crippen LogP contribution in [0.4, 0.5) is 4.39 Å². The fraction of sp³-hybridized carbons (Fsp3) is 0.533. The standard InChI is InChI=1S/C15H20FNO4/c1-3-17(12-9-21-8-11(12)15(18)19)7-10-5-4-6-13(20-2)14(10)16/h4-6,11-12H,3,7-9H2,1-2H3,(H,18,19). The summed E-state index contributed by atoms with van der Waals surface area (Å²) in [6.45, 7) is 3.44. The van der Waals surface area contributed by atoms with Crippen molar-refractivity contribution in [1.82, 2.24) is 4.90 Å². The summed E-state index contributed by atoms with van der Waals surface area (Å²) < 4.78 is 24.5. The number of nitrogens with zero attached hydrogens (tertiary/aromatic N) is 1. The maximum Gasteiger partial charge on any atom is 0.310 e. The Balaban J connectivity index is 2.18. The Morgan fingerprint density at radius 2 is 2.29 bits per heavy atom. The molecule has 2 atom stereocenters. The Kier molecular flexibility index (Phi) is 5.14. The molecule has 0 amide bonds. The lowest BCUT2D eigenvalue weighted by molar-refractivity contribution is -0.143. The number of halogens is 1. The normalized spacial score (nSPS) is 21.7. The Morgan fingerprint density at radius 1 is 1.52 bits per heavy atom. The molecule has 1 N–H and O–H groups in total. The van der Waals surface area contributed by atoms with Crippen LogP contribution in [0.25, 0.3) is 0 Å². The molecule has 1 saturated heterocycles. The average molecular weight is 297 g/mol. The molecule has 1 aliphatic heterocycles. The molecule has 2 unspecified atom stereocenters. The fourth-order valence-electron chi connectivity index (χ4n) is 2.66. The number of benzene rings is 1. The molecule has 5 nitrogen and oxygen atoms in total. The Labute approximate surface area is 123 Å². The van der Waals surface area contributed by atoms with Crippen LogP contribution in [0.15, 0.2) is 18.2 Å². The zero-order valence-electron chi connectivity index (χ0n) is 12.2. The van der Waals surface area contributed by atoms with Crippen LogP contribution in [0.1, 0.15) is 12.5 Å². The van der Waals surface area contributed by atoms with Gasteiger partial charge in [0.25, 0.3) is 0 Å². The summed E-state index contributed by atoms with van der Waals surface area (Å²) in [6.07, 6.45) is 0. The first-order chi connectivity index (χ1) is 10.1. The molecule has 1 heterocycles. The van der Waals surface area contributed by atoms with E-state index in [4.69, 9.17) is 9.47 Å². The van der Waals surface area contributed by atoms with Crippen molar-refractivity contribution in [2.45, 2.75) is 19.5 Å². The van der Waals surface area contributed by atoms with E-state index in [1.165, 1.54) is 7.11 Å². The maximum absolute atomic E-state index is 14.2.